The third kappa shape index (κ3) is 5.39. The van der Waals surface area contributed by atoms with Gasteiger partial charge in [-0.25, -0.2) is 0 Å². The molecule has 160 valence electrons. The van der Waals surface area contributed by atoms with Crippen LogP contribution in [0.2, 0.25) is 0 Å². The molecule has 0 heterocycles. The fraction of sp³-hybridized carbons (Fsp3) is 0.346. The van der Waals surface area contributed by atoms with Gasteiger partial charge >= 0.3 is 0 Å². The summed E-state index contributed by atoms with van der Waals surface area (Å²) in [5, 5.41) is 26.9. The standard InChI is InChI=1S/C25H28O3.CH4O/c1-16(2)9-12-20-17(3)10-13-21(18-7-5-4-6-8-18)24(20)25(28)22-14-11-19(26)15-23(22)27;1-2/h4-11,14-15,20-21,24,26-27H,12-13H2,1-3H3;2H,1H3/t20-,21+,24-;/m1./s1. The van der Waals surface area contributed by atoms with Gasteiger partial charge in [0.1, 0.15) is 11.5 Å². The highest BCUT2D eigenvalue weighted by Gasteiger charge is 2.39. The Balaban J connectivity index is 0.00000155. The second-order valence-electron chi connectivity index (χ2n) is 7.92. The molecule has 3 N–H and O–H groups in total. The number of allylic oxidation sites excluding steroid dienone is 4. The van der Waals surface area contributed by atoms with Crippen LogP contribution in [0.1, 0.15) is 55.5 Å². The SMILES string of the molecule is CC(C)=CC[C@@H]1C(C)=CC[C@@H](c2ccccc2)[C@@H]1C(=O)c1ccc(O)cc1O.CO. The minimum Gasteiger partial charge on any atom is -0.508 e. The van der Waals surface area contributed by atoms with Crippen molar-refractivity contribution in [2.45, 2.75) is 39.5 Å². The van der Waals surface area contributed by atoms with Crippen molar-refractivity contribution in [1.29, 1.82) is 0 Å². The van der Waals surface area contributed by atoms with E-state index in [1.165, 1.54) is 29.3 Å². The number of aliphatic hydroxyl groups excluding tert-OH is 1. The van der Waals surface area contributed by atoms with Crippen LogP contribution in [0.15, 0.2) is 71.8 Å². The summed E-state index contributed by atoms with van der Waals surface area (Å²) in [6.07, 6.45) is 6.04. The summed E-state index contributed by atoms with van der Waals surface area (Å²) < 4.78 is 0. The van der Waals surface area contributed by atoms with Crippen molar-refractivity contribution in [3.8, 4) is 11.5 Å². The minimum absolute atomic E-state index is 0.0468. The highest BCUT2D eigenvalue weighted by Crippen LogP contribution is 2.45. The van der Waals surface area contributed by atoms with Crippen LogP contribution in [0, 0.1) is 11.8 Å². The third-order valence-electron chi connectivity index (χ3n) is 5.70. The molecule has 4 heteroatoms. The predicted octanol–water partition coefficient (Wildman–Crippen LogP) is 5.61. The number of rotatable bonds is 5. The monoisotopic (exact) mass is 408 g/mol. The molecule has 0 radical (unpaired) electrons. The average molecular weight is 409 g/mol. The number of aromatic hydroxyl groups is 2. The van der Waals surface area contributed by atoms with Crippen molar-refractivity contribution in [3.05, 3.63) is 83.0 Å². The van der Waals surface area contributed by atoms with E-state index in [0.717, 1.165) is 25.5 Å². The van der Waals surface area contributed by atoms with Gasteiger partial charge in [-0.3, -0.25) is 4.79 Å². The lowest BCUT2D eigenvalue weighted by atomic mass is 9.65. The van der Waals surface area contributed by atoms with Crippen LogP contribution in [0.4, 0.5) is 0 Å². The third-order valence-corrected chi connectivity index (χ3v) is 5.70. The molecule has 1 aliphatic rings. The zero-order valence-electron chi connectivity index (χ0n) is 18.2. The van der Waals surface area contributed by atoms with Gasteiger partial charge in [-0.2, -0.15) is 0 Å². The van der Waals surface area contributed by atoms with Crippen molar-refractivity contribution in [3.63, 3.8) is 0 Å². The first-order chi connectivity index (χ1) is 14.4. The maximum Gasteiger partial charge on any atom is 0.170 e. The highest BCUT2D eigenvalue weighted by atomic mass is 16.3. The lowest BCUT2D eigenvalue weighted by Gasteiger charge is -2.37. The first-order valence-electron chi connectivity index (χ1n) is 10.2. The van der Waals surface area contributed by atoms with E-state index in [9.17, 15) is 15.0 Å². The Hall–Kier alpha value is -2.85. The maximum atomic E-state index is 13.6. The first kappa shape index (κ1) is 23.4. The van der Waals surface area contributed by atoms with Crippen molar-refractivity contribution < 1.29 is 20.1 Å². The molecule has 0 bridgehead atoms. The Morgan fingerprint density at radius 1 is 1.07 bits per heavy atom. The average Bonchev–Trinajstić information content (AvgIpc) is 2.74. The van der Waals surface area contributed by atoms with E-state index in [4.69, 9.17) is 5.11 Å². The van der Waals surface area contributed by atoms with Crippen molar-refractivity contribution in [1.82, 2.24) is 0 Å². The van der Waals surface area contributed by atoms with E-state index in [2.05, 4.69) is 45.1 Å². The van der Waals surface area contributed by atoms with Crippen molar-refractivity contribution in [2.24, 2.45) is 11.8 Å². The Morgan fingerprint density at radius 2 is 1.73 bits per heavy atom. The van der Waals surface area contributed by atoms with Crippen LogP contribution in [0.25, 0.3) is 0 Å². The van der Waals surface area contributed by atoms with Gasteiger partial charge in [-0.1, -0.05) is 53.6 Å². The molecular weight excluding hydrogens is 376 g/mol. The fourth-order valence-corrected chi connectivity index (χ4v) is 4.19. The van der Waals surface area contributed by atoms with Crippen LogP contribution in [0.3, 0.4) is 0 Å². The van der Waals surface area contributed by atoms with Gasteiger partial charge in [0, 0.05) is 19.1 Å². The molecule has 3 rings (SSSR count). The van der Waals surface area contributed by atoms with Crippen LogP contribution < -0.4 is 0 Å². The number of phenolic OH excluding ortho intramolecular Hbond substituents is 2. The number of benzene rings is 2. The quantitative estimate of drug-likeness (QED) is 0.444. The Bertz CT molecular complexity index is 908. The van der Waals surface area contributed by atoms with Crippen LogP contribution >= 0.6 is 0 Å². The molecule has 0 aromatic heterocycles. The topological polar surface area (TPSA) is 77.8 Å². The van der Waals surface area contributed by atoms with Gasteiger partial charge in [0.2, 0.25) is 0 Å². The summed E-state index contributed by atoms with van der Waals surface area (Å²) in [5.41, 5.74) is 3.88. The molecule has 30 heavy (non-hydrogen) atoms. The fourth-order valence-electron chi connectivity index (χ4n) is 4.19. The van der Waals surface area contributed by atoms with Crippen LogP contribution in [-0.4, -0.2) is 28.2 Å². The molecule has 0 fully saturated rings. The molecule has 0 saturated carbocycles. The van der Waals surface area contributed by atoms with E-state index < -0.39 is 0 Å². The number of carbonyl (C=O) groups excluding carboxylic acids is 1. The highest BCUT2D eigenvalue weighted by molar-refractivity contribution is 6.01. The first-order valence-corrected chi connectivity index (χ1v) is 10.2. The molecule has 1 aliphatic carbocycles. The molecule has 2 aromatic rings. The van der Waals surface area contributed by atoms with Crippen LogP contribution in [-0.2, 0) is 0 Å². The maximum absolute atomic E-state index is 13.6. The summed E-state index contributed by atoms with van der Waals surface area (Å²) in [6.45, 7) is 6.24. The van der Waals surface area contributed by atoms with Gasteiger partial charge in [-0.05, 0) is 63.1 Å². The summed E-state index contributed by atoms with van der Waals surface area (Å²) >= 11 is 0. The Morgan fingerprint density at radius 3 is 2.33 bits per heavy atom. The molecule has 0 spiro atoms. The minimum atomic E-state index is -0.265. The lowest BCUT2D eigenvalue weighted by Crippen LogP contribution is -2.33. The van der Waals surface area contributed by atoms with Gasteiger partial charge < -0.3 is 15.3 Å². The van der Waals surface area contributed by atoms with Gasteiger partial charge in [0.15, 0.2) is 5.78 Å². The number of phenols is 2. The van der Waals surface area contributed by atoms with Crippen molar-refractivity contribution >= 4 is 5.78 Å². The van der Waals surface area contributed by atoms with Gasteiger partial charge in [0.25, 0.3) is 0 Å². The predicted molar refractivity (Wildman–Crippen MR) is 121 cm³/mol. The number of ketones is 1. The number of hydrogen-bond acceptors (Lipinski definition) is 4. The molecule has 0 saturated heterocycles. The second-order valence-corrected chi connectivity index (χ2v) is 7.92. The normalized spacial score (nSPS) is 20.4. The smallest absolute Gasteiger partial charge is 0.170 e. The largest absolute Gasteiger partial charge is 0.508 e. The summed E-state index contributed by atoms with van der Waals surface area (Å²) in [6, 6.07) is 14.4. The van der Waals surface area contributed by atoms with Crippen LogP contribution in [0.5, 0.6) is 11.5 Å². The number of Topliss-reactive ketones (excluding diaryl/α,β-unsaturated/α-hetero) is 1. The Labute approximate surface area is 179 Å². The van der Waals surface area contributed by atoms with E-state index >= 15 is 0 Å². The molecule has 4 nitrogen and oxygen atoms in total. The molecular formula is C26H32O4. The van der Waals surface area contributed by atoms with Gasteiger partial charge in [-0.15, -0.1) is 0 Å². The van der Waals surface area contributed by atoms with Crippen molar-refractivity contribution in [2.75, 3.05) is 7.11 Å². The molecule has 0 unspecified atom stereocenters. The molecule has 0 aliphatic heterocycles. The van der Waals surface area contributed by atoms with E-state index in [0.29, 0.717) is 0 Å². The molecule has 3 atom stereocenters. The Kier molecular flexibility index (Phi) is 8.43. The lowest BCUT2D eigenvalue weighted by molar-refractivity contribution is 0.0847. The zero-order chi connectivity index (χ0) is 22.3. The summed E-state index contributed by atoms with van der Waals surface area (Å²) in [5.74, 6) is -0.403. The van der Waals surface area contributed by atoms with E-state index in [-0.39, 0.29) is 40.6 Å². The number of hydrogen-bond donors (Lipinski definition) is 3. The second kappa shape index (κ2) is 10.8. The van der Waals surface area contributed by atoms with E-state index in [1.807, 2.05) is 18.2 Å². The molecule has 2 aromatic carbocycles. The summed E-state index contributed by atoms with van der Waals surface area (Å²) in [4.78, 5) is 13.6. The van der Waals surface area contributed by atoms with Gasteiger partial charge in [0.05, 0.1) is 5.56 Å². The zero-order valence-corrected chi connectivity index (χ0v) is 18.2. The van der Waals surface area contributed by atoms with E-state index in [1.54, 1.807) is 0 Å². The number of carbonyl (C=O) groups is 1. The summed E-state index contributed by atoms with van der Waals surface area (Å²) in [7, 11) is 1.00. The molecule has 0 amide bonds. The number of aliphatic hydroxyl groups is 1.